The first-order valence-electron chi connectivity index (χ1n) is 9.35. The minimum absolute atomic E-state index is 0.127. The lowest BCUT2D eigenvalue weighted by molar-refractivity contribution is -0.116. The van der Waals surface area contributed by atoms with Gasteiger partial charge in [-0.15, -0.1) is 0 Å². The highest BCUT2D eigenvalue weighted by Crippen LogP contribution is 2.17. The third-order valence-electron chi connectivity index (χ3n) is 4.76. The Morgan fingerprint density at radius 1 is 1.11 bits per heavy atom. The van der Waals surface area contributed by atoms with Crippen molar-refractivity contribution >= 4 is 17.7 Å². The molecule has 3 rings (SSSR count). The molecule has 5 heteroatoms. The Kier molecular flexibility index (Phi) is 6.60. The molecule has 0 atom stereocenters. The first kappa shape index (κ1) is 19.1. The number of benzene rings is 2. The van der Waals surface area contributed by atoms with Gasteiger partial charge < -0.3 is 10.2 Å². The van der Waals surface area contributed by atoms with E-state index in [1.54, 1.807) is 18.2 Å². The van der Waals surface area contributed by atoms with Gasteiger partial charge in [-0.05, 0) is 48.4 Å². The fraction of sp³-hybridized carbons (Fsp3) is 0.318. The van der Waals surface area contributed by atoms with E-state index in [9.17, 15) is 9.18 Å². The second-order valence-corrected chi connectivity index (χ2v) is 6.84. The van der Waals surface area contributed by atoms with Gasteiger partial charge in [0.15, 0.2) is 0 Å². The van der Waals surface area contributed by atoms with Crippen molar-refractivity contribution in [3.63, 3.8) is 0 Å². The number of halogens is 1. The van der Waals surface area contributed by atoms with Gasteiger partial charge in [0.05, 0.1) is 0 Å². The third-order valence-corrected chi connectivity index (χ3v) is 4.76. The number of amides is 1. The first-order chi connectivity index (χ1) is 13.1. The van der Waals surface area contributed by atoms with Gasteiger partial charge in [-0.3, -0.25) is 9.69 Å². The lowest BCUT2D eigenvalue weighted by Crippen LogP contribution is -2.48. The molecule has 1 aliphatic heterocycles. The fourth-order valence-electron chi connectivity index (χ4n) is 3.20. The molecule has 1 amide bonds. The summed E-state index contributed by atoms with van der Waals surface area (Å²) >= 11 is 0. The monoisotopic (exact) mass is 367 g/mol. The molecule has 0 spiro atoms. The maximum absolute atomic E-state index is 12.9. The molecule has 1 N–H and O–H groups in total. The molecule has 2 aromatic rings. The Labute approximate surface area is 160 Å². The molecule has 0 radical (unpaired) electrons. The quantitative estimate of drug-likeness (QED) is 0.797. The van der Waals surface area contributed by atoms with Crippen LogP contribution in [0.2, 0.25) is 0 Å². The van der Waals surface area contributed by atoms with Crippen molar-refractivity contribution in [2.24, 2.45) is 0 Å². The predicted octanol–water partition coefficient (Wildman–Crippen LogP) is 3.09. The van der Waals surface area contributed by atoms with Crippen molar-refractivity contribution in [3.8, 4) is 0 Å². The summed E-state index contributed by atoms with van der Waals surface area (Å²) in [5.74, 6) is -0.406. The van der Waals surface area contributed by atoms with Crippen molar-refractivity contribution < 1.29 is 9.18 Å². The highest BCUT2D eigenvalue weighted by atomic mass is 19.1. The second kappa shape index (κ2) is 9.33. The number of aryl methyl sites for hydroxylation is 1. The van der Waals surface area contributed by atoms with Crippen LogP contribution in [0.3, 0.4) is 0 Å². The normalized spacial score (nSPS) is 15.3. The van der Waals surface area contributed by atoms with E-state index in [-0.39, 0.29) is 11.7 Å². The zero-order valence-corrected chi connectivity index (χ0v) is 15.7. The molecule has 0 aromatic heterocycles. The van der Waals surface area contributed by atoms with Gasteiger partial charge in [-0.1, -0.05) is 24.3 Å². The molecule has 4 nitrogen and oxygen atoms in total. The summed E-state index contributed by atoms with van der Waals surface area (Å²) < 4.78 is 12.9. The Hall–Kier alpha value is -2.66. The number of carbonyl (C=O) groups excluding carboxylic acids is 1. The summed E-state index contributed by atoms with van der Waals surface area (Å²) in [6.07, 6.45) is 3.18. The van der Waals surface area contributed by atoms with Crippen molar-refractivity contribution in [2.45, 2.75) is 6.92 Å². The van der Waals surface area contributed by atoms with Crippen molar-refractivity contribution in [2.75, 3.05) is 44.2 Å². The Morgan fingerprint density at radius 2 is 1.85 bits per heavy atom. The SMILES string of the molecule is Cc1cccc(N2CCN(CCNC(=O)/C=C/c3ccc(F)cc3)CC2)c1. The number of hydrogen-bond acceptors (Lipinski definition) is 3. The highest BCUT2D eigenvalue weighted by molar-refractivity contribution is 5.91. The molecule has 0 aliphatic carbocycles. The van der Waals surface area contributed by atoms with Crippen LogP contribution in [0.1, 0.15) is 11.1 Å². The van der Waals surface area contributed by atoms with Gasteiger partial charge in [-0.2, -0.15) is 0 Å². The standard InChI is InChI=1S/C22H26FN3O/c1-18-3-2-4-21(17-18)26-15-13-25(14-16-26)12-11-24-22(27)10-7-19-5-8-20(23)9-6-19/h2-10,17H,11-16H2,1H3,(H,24,27)/b10-7+. The van der Waals surface area contributed by atoms with Gasteiger partial charge in [0.2, 0.25) is 5.91 Å². The summed E-state index contributed by atoms with van der Waals surface area (Å²) in [7, 11) is 0. The number of hydrogen-bond donors (Lipinski definition) is 1. The number of anilines is 1. The van der Waals surface area contributed by atoms with E-state index in [1.165, 1.54) is 29.5 Å². The van der Waals surface area contributed by atoms with E-state index in [0.717, 1.165) is 38.3 Å². The van der Waals surface area contributed by atoms with Gasteiger partial charge in [0.25, 0.3) is 0 Å². The van der Waals surface area contributed by atoms with E-state index in [4.69, 9.17) is 0 Å². The van der Waals surface area contributed by atoms with Crippen LogP contribution in [0.25, 0.3) is 6.08 Å². The summed E-state index contributed by atoms with van der Waals surface area (Å²) in [5, 5.41) is 2.91. The molecule has 1 aliphatic rings. The fourth-order valence-corrected chi connectivity index (χ4v) is 3.20. The summed E-state index contributed by atoms with van der Waals surface area (Å²) in [6, 6.07) is 14.7. The number of rotatable bonds is 6. The first-order valence-corrected chi connectivity index (χ1v) is 9.35. The molecule has 2 aromatic carbocycles. The number of nitrogens with one attached hydrogen (secondary N) is 1. The minimum Gasteiger partial charge on any atom is -0.369 e. The lowest BCUT2D eigenvalue weighted by atomic mass is 10.2. The van der Waals surface area contributed by atoms with Crippen LogP contribution in [0.5, 0.6) is 0 Å². The van der Waals surface area contributed by atoms with E-state index in [1.807, 2.05) is 0 Å². The number of piperazine rings is 1. The van der Waals surface area contributed by atoms with Gasteiger partial charge >= 0.3 is 0 Å². The van der Waals surface area contributed by atoms with Crippen LogP contribution in [0.15, 0.2) is 54.6 Å². The van der Waals surface area contributed by atoms with Crippen LogP contribution in [-0.4, -0.2) is 50.1 Å². The average molecular weight is 367 g/mol. The lowest BCUT2D eigenvalue weighted by Gasteiger charge is -2.36. The second-order valence-electron chi connectivity index (χ2n) is 6.84. The average Bonchev–Trinajstić information content (AvgIpc) is 2.68. The highest BCUT2D eigenvalue weighted by Gasteiger charge is 2.16. The van der Waals surface area contributed by atoms with Crippen LogP contribution < -0.4 is 10.2 Å². The summed E-state index contributed by atoms with van der Waals surface area (Å²) in [5.41, 5.74) is 3.37. The summed E-state index contributed by atoms with van der Waals surface area (Å²) in [6.45, 7) is 7.58. The molecule has 1 heterocycles. The van der Waals surface area contributed by atoms with Crippen LogP contribution in [0.4, 0.5) is 10.1 Å². The smallest absolute Gasteiger partial charge is 0.244 e. The number of carbonyl (C=O) groups is 1. The molecule has 0 unspecified atom stereocenters. The molecular weight excluding hydrogens is 341 g/mol. The predicted molar refractivity (Wildman–Crippen MR) is 108 cm³/mol. The third kappa shape index (κ3) is 5.93. The maximum Gasteiger partial charge on any atom is 0.244 e. The van der Waals surface area contributed by atoms with E-state index >= 15 is 0 Å². The van der Waals surface area contributed by atoms with E-state index in [0.29, 0.717) is 6.54 Å². The molecule has 0 saturated carbocycles. The summed E-state index contributed by atoms with van der Waals surface area (Å²) in [4.78, 5) is 16.7. The zero-order chi connectivity index (χ0) is 19.1. The molecule has 27 heavy (non-hydrogen) atoms. The Bertz CT molecular complexity index is 780. The minimum atomic E-state index is -0.279. The maximum atomic E-state index is 12.9. The molecule has 142 valence electrons. The topological polar surface area (TPSA) is 35.6 Å². The van der Waals surface area contributed by atoms with Crippen molar-refractivity contribution in [1.82, 2.24) is 10.2 Å². The van der Waals surface area contributed by atoms with Gasteiger partial charge in [0.1, 0.15) is 5.82 Å². The van der Waals surface area contributed by atoms with E-state index < -0.39 is 0 Å². The van der Waals surface area contributed by atoms with Gasteiger partial charge in [0, 0.05) is 51.0 Å². The van der Waals surface area contributed by atoms with E-state index in [2.05, 4.69) is 46.3 Å². The Balaban J connectivity index is 1.36. The van der Waals surface area contributed by atoms with Crippen LogP contribution in [-0.2, 0) is 4.79 Å². The molecular formula is C22H26FN3O. The Morgan fingerprint density at radius 3 is 2.56 bits per heavy atom. The molecule has 1 fully saturated rings. The van der Waals surface area contributed by atoms with Crippen molar-refractivity contribution in [3.05, 3.63) is 71.6 Å². The van der Waals surface area contributed by atoms with Crippen LogP contribution >= 0.6 is 0 Å². The molecule has 0 bridgehead atoms. The van der Waals surface area contributed by atoms with Crippen molar-refractivity contribution in [1.29, 1.82) is 0 Å². The largest absolute Gasteiger partial charge is 0.369 e. The van der Waals surface area contributed by atoms with Crippen LogP contribution in [0, 0.1) is 12.7 Å². The number of nitrogens with zero attached hydrogens (tertiary/aromatic N) is 2. The van der Waals surface area contributed by atoms with Gasteiger partial charge in [-0.25, -0.2) is 4.39 Å². The zero-order valence-electron chi connectivity index (χ0n) is 15.7. The molecule has 1 saturated heterocycles.